The van der Waals surface area contributed by atoms with Gasteiger partial charge in [-0.25, -0.2) is 0 Å². The third kappa shape index (κ3) is 2.88. The van der Waals surface area contributed by atoms with Gasteiger partial charge >= 0.3 is 0 Å². The van der Waals surface area contributed by atoms with Gasteiger partial charge in [0.05, 0.1) is 12.0 Å². The lowest BCUT2D eigenvalue weighted by Gasteiger charge is -2.20. The fraction of sp³-hybridized carbons (Fsp3) is 0.588. The Labute approximate surface area is 120 Å². The molecule has 0 radical (unpaired) electrons. The fourth-order valence-corrected chi connectivity index (χ4v) is 3.34. The van der Waals surface area contributed by atoms with Crippen molar-refractivity contribution in [3.05, 3.63) is 34.9 Å². The van der Waals surface area contributed by atoms with Crippen LogP contribution in [-0.2, 0) is 24.1 Å². The number of β-amino-alcohol motifs (C(OH)–C–C–N with tert-alkyl or cyclic N) is 1. The van der Waals surface area contributed by atoms with E-state index in [0.717, 1.165) is 12.0 Å². The third-order valence-corrected chi connectivity index (χ3v) is 4.57. The minimum atomic E-state index is -0.703. The highest BCUT2D eigenvalue weighted by Gasteiger charge is 2.33. The van der Waals surface area contributed by atoms with E-state index in [-0.39, 0.29) is 5.91 Å². The van der Waals surface area contributed by atoms with E-state index in [1.54, 1.807) is 11.8 Å². The Morgan fingerprint density at radius 3 is 2.75 bits per heavy atom. The van der Waals surface area contributed by atoms with E-state index in [4.69, 9.17) is 0 Å². The van der Waals surface area contributed by atoms with Crippen molar-refractivity contribution >= 4 is 5.91 Å². The highest BCUT2D eigenvalue weighted by atomic mass is 16.3. The van der Waals surface area contributed by atoms with E-state index < -0.39 is 5.60 Å². The number of rotatable bonds is 2. The van der Waals surface area contributed by atoms with Gasteiger partial charge in [0, 0.05) is 13.1 Å². The first-order chi connectivity index (χ1) is 9.53. The first-order valence-corrected chi connectivity index (χ1v) is 7.64. The summed E-state index contributed by atoms with van der Waals surface area (Å²) in [7, 11) is 0. The summed E-state index contributed by atoms with van der Waals surface area (Å²) < 4.78 is 0. The largest absolute Gasteiger partial charge is 0.388 e. The van der Waals surface area contributed by atoms with Crippen LogP contribution in [0.5, 0.6) is 0 Å². The van der Waals surface area contributed by atoms with Gasteiger partial charge in [0.2, 0.25) is 5.91 Å². The zero-order valence-electron chi connectivity index (χ0n) is 12.2. The number of benzene rings is 1. The predicted molar refractivity (Wildman–Crippen MR) is 78.6 cm³/mol. The standard InChI is InChI=1S/C17H23NO2/c1-17(20)8-9-18(12-17)16(19)11-13-6-7-14-4-2-3-5-15(14)10-13/h6-7,10,20H,2-5,8-9,11-12H2,1H3. The number of fused-ring (bicyclic) bond motifs is 1. The number of carbonyl (C=O) groups is 1. The van der Waals surface area contributed by atoms with Gasteiger partial charge in [0.1, 0.15) is 0 Å². The second-order valence-electron chi connectivity index (χ2n) is 6.55. The van der Waals surface area contributed by atoms with Crippen molar-refractivity contribution in [3.63, 3.8) is 0 Å². The Morgan fingerprint density at radius 1 is 1.30 bits per heavy atom. The van der Waals surface area contributed by atoms with Crippen LogP contribution in [0.4, 0.5) is 0 Å². The van der Waals surface area contributed by atoms with Crippen molar-refractivity contribution in [2.24, 2.45) is 0 Å². The molecule has 1 amide bonds. The molecule has 3 nitrogen and oxygen atoms in total. The molecular weight excluding hydrogens is 250 g/mol. The van der Waals surface area contributed by atoms with Crippen LogP contribution >= 0.6 is 0 Å². The van der Waals surface area contributed by atoms with E-state index in [1.807, 2.05) is 0 Å². The quantitative estimate of drug-likeness (QED) is 0.896. The molecule has 0 aromatic heterocycles. The average molecular weight is 273 g/mol. The highest BCUT2D eigenvalue weighted by Crippen LogP contribution is 2.24. The number of aryl methyl sites for hydroxylation is 2. The van der Waals surface area contributed by atoms with E-state index in [1.165, 1.54) is 30.4 Å². The molecule has 1 atom stereocenters. The monoisotopic (exact) mass is 273 g/mol. The van der Waals surface area contributed by atoms with Gasteiger partial charge in [0.25, 0.3) is 0 Å². The highest BCUT2D eigenvalue weighted by molar-refractivity contribution is 5.79. The topological polar surface area (TPSA) is 40.5 Å². The minimum absolute atomic E-state index is 0.138. The zero-order chi connectivity index (χ0) is 14.2. The lowest BCUT2D eigenvalue weighted by atomic mass is 9.90. The summed E-state index contributed by atoms with van der Waals surface area (Å²) in [6.45, 7) is 2.95. The second kappa shape index (κ2) is 5.21. The van der Waals surface area contributed by atoms with Crippen molar-refractivity contribution in [1.29, 1.82) is 0 Å². The van der Waals surface area contributed by atoms with Crippen LogP contribution in [-0.4, -0.2) is 34.6 Å². The van der Waals surface area contributed by atoms with Gasteiger partial charge in [-0.3, -0.25) is 4.79 Å². The van der Waals surface area contributed by atoms with Crippen LogP contribution in [0, 0.1) is 0 Å². The number of carbonyl (C=O) groups excluding carboxylic acids is 1. The summed E-state index contributed by atoms with van der Waals surface area (Å²) in [5, 5.41) is 9.94. The maximum atomic E-state index is 12.3. The molecule has 108 valence electrons. The molecule has 0 bridgehead atoms. The molecule has 2 aliphatic rings. The Bertz CT molecular complexity index is 522. The maximum absolute atomic E-state index is 12.3. The number of nitrogens with zero attached hydrogens (tertiary/aromatic N) is 1. The summed E-state index contributed by atoms with van der Waals surface area (Å²) in [5.74, 6) is 0.138. The summed E-state index contributed by atoms with van der Waals surface area (Å²) >= 11 is 0. The summed E-state index contributed by atoms with van der Waals surface area (Å²) in [5.41, 5.74) is 3.29. The molecule has 1 N–H and O–H groups in total. The summed E-state index contributed by atoms with van der Waals surface area (Å²) in [6, 6.07) is 6.49. The van der Waals surface area contributed by atoms with Crippen LogP contribution in [0.3, 0.4) is 0 Å². The minimum Gasteiger partial charge on any atom is -0.388 e. The van der Waals surface area contributed by atoms with Gasteiger partial charge in [-0.05, 0) is 55.7 Å². The number of hydrogen-bond donors (Lipinski definition) is 1. The molecule has 1 aromatic rings. The SMILES string of the molecule is CC1(O)CCN(C(=O)Cc2ccc3c(c2)CCCC3)C1. The predicted octanol–water partition coefficient (Wildman–Crippen LogP) is 2.09. The normalized spacial score (nSPS) is 25.6. The van der Waals surface area contributed by atoms with E-state index in [2.05, 4.69) is 18.2 Å². The summed E-state index contributed by atoms with van der Waals surface area (Å²) in [6.07, 6.45) is 6.02. The first-order valence-electron chi connectivity index (χ1n) is 7.64. The van der Waals surface area contributed by atoms with Crippen LogP contribution in [0.15, 0.2) is 18.2 Å². The van der Waals surface area contributed by atoms with Crippen LogP contribution in [0.1, 0.15) is 42.9 Å². The molecule has 1 heterocycles. The molecule has 1 aliphatic heterocycles. The van der Waals surface area contributed by atoms with Crippen molar-refractivity contribution in [3.8, 4) is 0 Å². The number of aliphatic hydroxyl groups is 1. The second-order valence-corrected chi connectivity index (χ2v) is 6.55. The van der Waals surface area contributed by atoms with Crippen LogP contribution in [0.25, 0.3) is 0 Å². The zero-order valence-corrected chi connectivity index (χ0v) is 12.2. The van der Waals surface area contributed by atoms with E-state index in [9.17, 15) is 9.90 Å². The molecular formula is C17H23NO2. The molecule has 1 fully saturated rings. The first kappa shape index (κ1) is 13.6. The Hall–Kier alpha value is -1.35. The van der Waals surface area contributed by atoms with Crippen LogP contribution in [0.2, 0.25) is 0 Å². The van der Waals surface area contributed by atoms with Crippen molar-refractivity contribution in [2.75, 3.05) is 13.1 Å². The molecule has 0 saturated carbocycles. The van der Waals surface area contributed by atoms with E-state index >= 15 is 0 Å². The molecule has 1 aromatic carbocycles. The summed E-state index contributed by atoms with van der Waals surface area (Å²) in [4.78, 5) is 14.1. The van der Waals surface area contributed by atoms with Gasteiger partial charge in [-0.15, -0.1) is 0 Å². The molecule has 1 saturated heterocycles. The van der Waals surface area contributed by atoms with E-state index in [0.29, 0.717) is 25.9 Å². The van der Waals surface area contributed by atoms with Crippen molar-refractivity contribution in [2.45, 2.75) is 51.0 Å². The van der Waals surface area contributed by atoms with Crippen molar-refractivity contribution in [1.82, 2.24) is 4.90 Å². The van der Waals surface area contributed by atoms with Crippen molar-refractivity contribution < 1.29 is 9.90 Å². The fourth-order valence-electron chi connectivity index (χ4n) is 3.34. The average Bonchev–Trinajstić information content (AvgIpc) is 2.79. The van der Waals surface area contributed by atoms with Gasteiger partial charge in [0.15, 0.2) is 0 Å². The smallest absolute Gasteiger partial charge is 0.227 e. The number of amides is 1. The maximum Gasteiger partial charge on any atom is 0.227 e. The molecule has 0 spiro atoms. The van der Waals surface area contributed by atoms with Gasteiger partial charge < -0.3 is 10.0 Å². The van der Waals surface area contributed by atoms with Gasteiger partial charge in [-0.2, -0.15) is 0 Å². The third-order valence-electron chi connectivity index (χ3n) is 4.57. The lowest BCUT2D eigenvalue weighted by Crippen LogP contribution is -2.34. The van der Waals surface area contributed by atoms with Gasteiger partial charge in [-0.1, -0.05) is 18.2 Å². The Balaban J connectivity index is 1.67. The number of likely N-dealkylation sites (tertiary alicyclic amines) is 1. The molecule has 3 heteroatoms. The lowest BCUT2D eigenvalue weighted by molar-refractivity contribution is -0.130. The molecule has 20 heavy (non-hydrogen) atoms. The molecule has 1 unspecified atom stereocenters. The number of hydrogen-bond acceptors (Lipinski definition) is 2. The molecule has 3 rings (SSSR count). The Kier molecular flexibility index (Phi) is 3.55. The molecule has 1 aliphatic carbocycles. The Morgan fingerprint density at radius 2 is 2.05 bits per heavy atom. The van der Waals surface area contributed by atoms with Crippen LogP contribution < -0.4 is 0 Å².